The molecule has 1 heterocycles. The summed E-state index contributed by atoms with van der Waals surface area (Å²) in [6.45, 7) is 4.66. The van der Waals surface area contributed by atoms with Crippen LogP contribution < -0.4 is 5.32 Å². The summed E-state index contributed by atoms with van der Waals surface area (Å²) in [4.78, 5) is 22.8. The zero-order valence-corrected chi connectivity index (χ0v) is 11.6. The number of carbonyl (C=O) groups is 2. The lowest BCUT2D eigenvalue weighted by atomic mass is 10.0. The maximum Gasteiger partial charge on any atom is 0.306 e. The van der Waals surface area contributed by atoms with Gasteiger partial charge in [-0.05, 0) is 46.0 Å². The van der Waals surface area contributed by atoms with Crippen molar-refractivity contribution in [2.45, 2.75) is 57.7 Å². The molecule has 2 aliphatic rings. The summed E-state index contributed by atoms with van der Waals surface area (Å²) in [6.07, 6.45) is 3.84. The van der Waals surface area contributed by atoms with Crippen LogP contribution in [-0.2, 0) is 14.3 Å². The monoisotopic (exact) mass is 269 g/mol. The van der Waals surface area contributed by atoms with E-state index in [4.69, 9.17) is 9.84 Å². The van der Waals surface area contributed by atoms with E-state index in [0.29, 0.717) is 25.8 Å². The van der Waals surface area contributed by atoms with Crippen molar-refractivity contribution in [2.24, 2.45) is 11.8 Å². The van der Waals surface area contributed by atoms with E-state index in [1.165, 1.54) is 0 Å². The Kier molecular flexibility index (Phi) is 4.13. The van der Waals surface area contributed by atoms with Crippen molar-refractivity contribution in [1.82, 2.24) is 5.32 Å². The molecule has 108 valence electrons. The van der Waals surface area contributed by atoms with Gasteiger partial charge in [0, 0.05) is 12.5 Å². The van der Waals surface area contributed by atoms with Gasteiger partial charge in [-0.3, -0.25) is 9.59 Å². The highest BCUT2D eigenvalue weighted by molar-refractivity contribution is 5.80. The Morgan fingerprint density at radius 1 is 1.26 bits per heavy atom. The third-order valence-corrected chi connectivity index (χ3v) is 4.21. The number of carboxylic acids is 1. The number of carboxylic acid groups (broad SMARTS) is 1. The summed E-state index contributed by atoms with van der Waals surface area (Å²) in [5, 5.41) is 11.8. The highest BCUT2D eigenvalue weighted by atomic mass is 16.5. The summed E-state index contributed by atoms with van der Waals surface area (Å²) in [6, 6.07) is 0. The summed E-state index contributed by atoms with van der Waals surface area (Å²) >= 11 is 0. The van der Waals surface area contributed by atoms with Gasteiger partial charge in [-0.1, -0.05) is 0 Å². The summed E-state index contributed by atoms with van der Waals surface area (Å²) in [5.41, 5.74) is -0.0862. The van der Waals surface area contributed by atoms with Gasteiger partial charge in [0.05, 0.1) is 17.6 Å². The second-order valence-corrected chi connectivity index (χ2v) is 6.33. The number of ether oxygens (including phenoxy) is 1. The minimum Gasteiger partial charge on any atom is -0.481 e. The van der Waals surface area contributed by atoms with E-state index in [1.807, 2.05) is 0 Å². The zero-order valence-electron chi connectivity index (χ0n) is 11.6. The molecular weight excluding hydrogens is 246 g/mol. The largest absolute Gasteiger partial charge is 0.481 e. The fraction of sp³-hybridized carbons (Fsp3) is 0.857. The number of hydrogen-bond donors (Lipinski definition) is 2. The highest BCUT2D eigenvalue weighted by Gasteiger charge is 2.35. The van der Waals surface area contributed by atoms with Crippen LogP contribution in [0.1, 0.15) is 46.0 Å². The molecule has 5 heteroatoms. The average Bonchev–Trinajstić information content (AvgIpc) is 2.92. The number of rotatable bonds is 4. The van der Waals surface area contributed by atoms with E-state index in [0.717, 1.165) is 12.8 Å². The molecule has 19 heavy (non-hydrogen) atoms. The van der Waals surface area contributed by atoms with Crippen molar-refractivity contribution in [2.75, 3.05) is 6.54 Å². The number of hydrogen-bond acceptors (Lipinski definition) is 3. The molecule has 1 aliphatic heterocycles. The Labute approximate surface area is 113 Å². The molecule has 1 amide bonds. The lowest BCUT2D eigenvalue weighted by Gasteiger charge is -2.20. The fourth-order valence-corrected chi connectivity index (χ4v) is 3.02. The number of nitrogens with one attached hydrogen (secondary N) is 1. The molecule has 0 radical (unpaired) electrons. The van der Waals surface area contributed by atoms with Crippen LogP contribution in [0, 0.1) is 11.8 Å². The first-order valence-electron chi connectivity index (χ1n) is 7.06. The van der Waals surface area contributed by atoms with Gasteiger partial charge in [-0.2, -0.15) is 0 Å². The Morgan fingerprint density at radius 3 is 2.47 bits per heavy atom. The molecule has 0 spiro atoms. The molecule has 2 N–H and O–H groups in total. The van der Waals surface area contributed by atoms with Crippen LogP contribution in [0.2, 0.25) is 0 Å². The van der Waals surface area contributed by atoms with Crippen LogP contribution >= 0.6 is 0 Å². The molecule has 1 saturated heterocycles. The lowest BCUT2D eigenvalue weighted by molar-refractivity contribution is -0.141. The van der Waals surface area contributed by atoms with E-state index in [2.05, 4.69) is 19.2 Å². The first-order valence-corrected chi connectivity index (χ1v) is 7.06. The molecule has 2 rings (SSSR count). The van der Waals surface area contributed by atoms with Crippen molar-refractivity contribution in [3.8, 4) is 0 Å². The first-order chi connectivity index (χ1) is 8.87. The lowest BCUT2D eigenvalue weighted by Crippen LogP contribution is -2.36. The molecule has 5 nitrogen and oxygen atoms in total. The van der Waals surface area contributed by atoms with Crippen molar-refractivity contribution in [3.05, 3.63) is 0 Å². The zero-order chi connectivity index (χ0) is 14.0. The fourth-order valence-electron chi connectivity index (χ4n) is 3.02. The number of aliphatic carboxylic acids is 1. The Morgan fingerprint density at radius 2 is 1.95 bits per heavy atom. The van der Waals surface area contributed by atoms with Crippen molar-refractivity contribution in [1.29, 1.82) is 0 Å². The van der Waals surface area contributed by atoms with Crippen molar-refractivity contribution >= 4 is 11.9 Å². The average molecular weight is 269 g/mol. The van der Waals surface area contributed by atoms with E-state index in [9.17, 15) is 9.59 Å². The van der Waals surface area contributed by atoms with Gasteiger partial charge in [0.2, 0.25) is 5.91 Å². The van der Waals surface area contributed by atoms with E-state index >= 15 is 0 Å². The third-order valence-electron chi connectivity index (χ3n) is 4.21. The molecule has 0 aromatic rings. The maximum atomic E-state index is 12.0. The van der Waals surface area contributed by atoms with Crippen LogP contribution in [-0.4, -0.2) is 35.2 Å². The van der Waals surface area contributed by atoms with Gasteiger partial charge in [0.25, 0.3) is 0 Å². The molecule has 1 saturated carbocycles. The normalized spacial score (nSPS) is 33.3. The molecule has 0 aromatic carbocycles. The minimum absolute atomic E-state index is 0.0166. The molecule has 0 aromatic heterocycles. The number of amides is 1. The molecule has 0 bridgehead atoms. The molecular formula is C14H23NO4. The third kappa shape index (κ3) is 3.69. The smallest absolute Gasteiger partial charge is 0.306 e. The van der Waals surface area contributed by atoms with Crippen LogP contribution in [0.5, 0.6) is 0 Å². The molecule has 3 atom stereocenters. The van der Waals surface area contributed by atoms with Crippen molar-refractivity contribution < 1.29 is 19.4 Å². The topological polar surface area (TPSA) is 75.6 Å². The van der Waals surface area contributed by atoms with Gasteiger partial charge >= 0.3 is 5.97 Å². The van der Waals surface area contributed by atoms with E-state index in [1.54, 1.807) is 0 Å². The maximum absolute atomic E-state index is 12.0. The Balaban J connectivity index is 1.72. The van der Waals surface area contributed by atoms with Gasteiger partial charge in [0.15, 0.2) is 0 Å². The minimum atomic E-state index is -0.781. The highest BCUT2D eigenvalue weighted by Crippen LogP contribution is 2.32. The standard InChI is InChI=1S/C14H23NO4/c1-14(2)6-5-11(19-14)8-15-12(16)9-3-4-10(7-9)13(17)18/h9-11H,3-8H2,1-2H3,(H,15,16)(H,17,18)/t9-,10+,11+/m1/s1. The van der Waals surface area contributed by atoms with Crippen LogP contribution in [0.25, 0.3) is 0 Å². The SMILES string of the molecule is CC1(C)CC[C@@H](CNC(=O)[C@@H]2CC[C@H](C(=O)O)C2)O1. The Hall–Kier alpha value is -1.10. The van der Waals surface area contributed by atoms with Crippen LogP contribution in [0.4, 0.5) is 0 Å². The van der Waals surface area contributed by atoms with Gasteiger partial charge in [0.1, 0.15) is 0 Å². The summed E-state index contributed by atoms with van der Waals surface area (Å²) < 4.78 is 5.81. The second-order valence-electron chi connectivity index (χ2n) is 6.33. The van der Waals surface area contributed by atoms with Crippen molar-refractivity contribution in [3.63, 3.8) is 0 Å². The predicted molar refractivity (Wildman–Crippen MR) is 69.7 cm³/mol. The van der Waals surface area contributed by atoms with E-state index in [-0.39, 0.29) is 29.4 Å². The molecule has 2 fully saturated rings. The molecule has 1 aliphatic carbocycles. The number of carbonyl (C=O) groups excluding carboxylic acids is 1. The summed E-state index contributed by atoms with van der Waals surface area (Å²) in [7, 11) is 0. The van der Waals surface area contributed by atoms with Crippen LogP contribution in [0.15, 0.2) is 0 Å². The predicted octanol–water partition coefficient (Wildman–Crippen LogP) is 1.56. The second kappa shape index (κ2) is 5.49. The molecule has 0 unspecified atom stereocenters. The quantitative estimate of drug-likeness (QED) is 0.812. The van der Waals surface area contributed by atoms with Gasteiger partial charge < -0.3 is 15.2 Å². The summed E-state index contributed by atoms with van der Waals surface area (Å²) in [5.74, 6) is -1.29. The first kappa shape index (κ1) is 14.3. The Bertz CT molecular complexity index is 366. The van der Waals surface area contributed by atoms with Gasteiger partial charge in [-0.25, -0.2) is 0 Å². The van der Waals surface area contributed by atoms with Crippen LogP contribution in [0.3, 0.4) is 0 Å². The van der Waals surface area contributed by atoms with E-state index < -0.39 is 5.97 Å². The van der Waals surface area contributed by atoms with Gasteiger partial charge in [-0.15, -0.1) is 0 Å².